The van der Waals surface area contributed by atoms with Gasteiger partial charge < -0.3 is 31.9 Å². The number of alkyl halides is 3. The van der Waals surface area contributed by atoms with Crippen LogP contribution in [-0.4, -0.2) is 66.1 Å². The molecule has 16 nitrogen and oxygen atoms in total. The van der Waals surface area contributed by atoms with Crippen LogP contribution in [-0.2, 0) is 14.9 Å². The number of guanidine groups is 2. The van der Waals surface area contributed by atoms with Crippen molar-refractivity contribution in [1.82, 2.24) is 5.32 Å². The van der Waals surface area contributed by atoms with Crippen LogP contribution in [0.25, 0.3) is 10.8 Å². The average molecular weight is 719 g/mol. The van der Waals surface area contributed by atoms with Gasteiger partial charge in [-0.2, -0.15) is 21.6 Å². The minimum Gasteiger partial charge on any atom is -0.475 e. The Labute approximate surface area is 281 Å². The lowest BCUT2D eigenvalue weighted by atomic mass is 10.1. The van der Waals surface area contributed by atoms with Crippen LogP contribution in [0.4, 0.5) is 24.5 Å². The Kier molecular flexibility index (Phi) is 13.5. The summed E-state index contributed by atoms with van der Waals surface area (Å²) in [6.45, 7) is 0. The van der Waals surface area contributed by atoms with Gasteiger partial charge in [-0.15, -0.1) is 0 Å². The first kappa shape index (κ1) is 39.6. The highest BCUT2D eigenvalue weighted by atomic mass is 32.2. The average Bonchev–Trinajstić information content (AvgIpc) is 3.00. The molecule has 4 aromatic carbocycles. The molecule has 264 valence electrons. The minimum atomic E-state index is -5.08. The zero-order valence-corrected chi connectivity index (χ0v) is 26.4. The molecule has 4 aromatic rings. The number of rotatable bonds is 6. The van der Waals surface area contributed by atoms with E-state index in [9.17, 15) is 31.2 Å². The van der Waals surface area contributed by atoms with Crippen molar-refractivity contribution in [1.29, 1.82) is 16.2 Å². The fourth-order valence-corrected chi connectivity index (χ4v) is 3.53. The smallest absolute Gasteiger partial charge is 0.475 e. The number of amidine groups is 1. The second-order valence-corrected chi connectivity index (χ2v) is 11.2. The lowest BCUT2D eigenvalue weighted by Crippen LogP contribution is -2.35. The van der Waals surface area contributed by atoms with Gasteiger partial charge in [0.2, 0.25) is 0 Å². The minimum absolute atomic E-state index is 0.0209. The van der Waals surface area contributed by atoms with E-state index in [1.807, 2.05) is 0 Å². The van der Waals surface area contributed by atoms with E-state index in [0.717, 1.165) is 10.8 Å². The maximum absolute atomic E-state index is 12.6. The number of carbonyl (C=O) groups excluding carboxylic acids is 2. The third-order valence-corrected chi connectivity index (χ3v) is 5.63. The summed E-state index contributed by atoms with van der Waals surface area (Å²) in [5, 5.41) is 39.4. The number of hydrogen-bond acceptors (Lipinski definition) is 9. The predicted octanol–water partition coefficient (Wildman–Crippen LogP) is 3.56. The van der Waals surface area contributed by atoms with Gasteiger partial charge in [0.1, 0.15) is 11.6 Å². The molecule has 0 aromatic heterocycles. The molecule has 0 radical (unpaired) electrons. The number of fused-ring (bicyclic) bond motifs is 1. The largest absolute Gasteiger partial charge is 0.490 e. The second-order valence-electron chi connectivity index (χ2n) is 9.71. The van der Waals surface area contributed by atoms with Gasteiger partial charge in [0.05, 0.1) is 11.8 Å². The number of nitrogens with two attached hydrogens (primary N) is 2. The van der Waals surface area contributed by atoms with Crippen LogP contribution in [0.1, 0.15) is 26.3 Å². The van der Waals surface area contributed by atoms with E-state index in [1.165, 1.54) is 12.1 Å². The Morgan fingerprint density at radius 2 is 1.20 bits per heavy atom. The molecule has 0 unspecified atom stereocenters. The van der Waals surface area contributed by atoms with Crippen molar-refractivity contribution in [3.8, 4) is 5.75 Å². The van der Waals surface area contributed by atoms with Crippen molar-refractivity contribution in [2.75, 3.05) is 16.9 Å². The first-order valence-corrected chi connectivity index (χ1v) is 15.3. The maximum atomic E-state index is 12.6. The number of halogens is 3. The van der Waals surface area contributed by atoms with Crippen molar-refractivity contribution < 1.29 is 50.4 Å². The quantitative estimate of drug-likeness (QED) is 0.0450. The van der Waals surface area contributed by atoms with Gasteiger partial charge in [0.25, 0.3) is 16.0 Å². The van der Waals surface area contributed by atoms with Crippen LogP contribution in [0.5, 0.6) is 5.75 Å². The molecule has 0 bridgehead atoms. The molecule has 12 N–H and O–H groups in total. The van der Waals surface area contributed by atoms with E-state index in [-0.39, 0.29) is 17.8 Å². The third kappa shape index (κ3) is 14.1. The van der Waals surface area contributed by atoms with E-state index >= 15 is 0 Å². The Balaban J connectivity index is 0.000000620. The highest BCUT2D eigenvalue weighted by molar-refractivity contribution is 7.85. The van der Waals surface area contributed by atoms with Crippen LogP contribution in [0.2, 0.25) is 0 Å². The Morgan fingerprint density at radius 3 is 1.68 bits per heavy atom. The van der Waals surface area contributed by atoms with Gasteiger partial charge in [-0.3, -0.25) is 30.9 Å². The number of ether oxygens (including phenoxy) is 1. The van der Waals surface area contributed by atoms with Crippen LogP contribution in [0, 0.1) is 16.2 Å². The van der Waals surface area contributed by atoms with Gasteiger partial charge in [0, 0.05) is 22.5 Å². The number of carbonyl (C=O) groups is 3. The van der Waals surface area contributed by atoms with E-state index in [1.54, 1.807) is 72.8 Å². The number of carboxylic acid groups (broad SMARTS) is 1. The van der Waals surface area contributed by atoms with Crippen molar-refractivity contribution in [3.63, 3.8) is 0 Å². The molecule has 0 fully saturated rings. The van der Waals surface area contributed by atoms with E-state index in [4.69, 9.17) is 46.9 Å². The first-order chi connectivity index (χ1) is 23.1. The number of carboxylic acids is 1. The van der Waals surface area contributed by atoms with Crippen LogP contribution >= 0.6 is 0 Å². The number of nitrogens with one attached hydrogen (secondary N) is 6. The molecule has 0 spiro atoms. The van der Waals surface area contributed by atoms with Crippen LogP contribution in [0.3, 0.4) is 0 Å². The van der Waals surface area contributed by atoms with Crippen LogP contribution < -0.4 is 32.2 Å². The van der Waals surface area contributed by atoms with Crippen LogP contribution in [0.15, 0.2) is 84.9 Å². The summed E-state index contributed by atoms with van der Waals surface area (Å²) in [4.78, 5) is 33.9. The second kappa shape index (κ2) is 17.0. The number of esters is 1. The van der Waals surface area contributed by atoms with E-state index in [2.05, 4.69) is 16.0 Å². The molecule has 20 heteroatoms. The molecule has 0 atom stereocenters. The molecule has 0 aliphatic carbocycles. The summed E-state index contributed by atoms with van der Waals surface area (Å²) in [7, 11) is -3.67. The Morgan fingerprint density at radius 1 is 0.760 bits per heavy atom. The number of hydrogen-bond donors (Lipinski definition) is 10. The first-order valence-electron chi connectivity index (χ1n) is 13.4. The van der Waals surface area contributed by atoms with Crippen molar-refractivity contribution in [2.24, 2.45) is 11.5 Å². The number of aliphatic carboxylic acids is 1. The monoisotopic (exact) mass is 718 g/mol. The number of benzene rings is 4. The van der Waals surface area contributed by atoms with Crippen molar-refractivity contribution >= 4 is 67.9 Å². The predicted molar refractivity (Wildman–Crippen MR) is 178 cm³/mol. The topological polar surface area (TPSA) is 295 Å². The molecule has 50 heavy (non-hydrogen) atoms. The van der Waals surface area contributed by atoms with Gasteiger partial charge in [0.15, 0.2) is 11.9 Å². The molecule has 1 amide bonds. The molecule has 0 aliphatic heterocycles. The summed E-state index contributed by atoms with van der Waals surface area (Å²) >= 11 is 0. The zero-order chi connectivity index (χ0) is 37.8. The highest BCUT2D eigenvalue weighted by Gasteiger charge is 2.38. The molecular formula is C30H29F3N8O8S. The van der Waals surface area contributed by atoms with E-state index < -0.39 is 34.1 Å². The fraction of sp³-hybridized carbons (Fsp3) is 0.0667. The Bertz CT molecular complexity index is 2020. The maximum Gasteiger partial charge on any atom is 0.490 e. The molecule has 4 rings (SSSR count). The normalized spacial score (nSPS) is 10.6. The van der Waals surface area contributed by atoms with Gasteiger partial charge in [-0.25, -0.2) is 9.59 Å². The molecular weight excluding hydrogens is 689 g/mol. The van der Waals surface area contributed by atoms with Gasteiger partial charge in [-0.1, -0.05) is 18.2 Å². The standard InChI is InChI=1S/C27H24N8O3.C2HF3O2.CH4O3S/c28-23(29)19-2-1-18-14-22(12-7-17(18)13-19)38-25(37)16-5-10-21(11-6-16)34-27(32)35-24(36)15-3-8-20(9-4-15)33-26(30)31;3-2(4,5)1(6)7;1-5(2,3)4/h1-14H,(H3,28,29)(H4,30,31,33)(H3,32,34,35,36);(H,6,7);1H3,(H,2,3,4). The van der Waals surface area contributed by atoms with Gasteiger partial charge >= 0.3 is 18.1 Å². The fourth-order valence-electron chi connectivity index (χ4n) is 3.53. The summed E-state index contributed by atoms with van der Waals surface area (Å²) in [5.41, 5.74) is 13.1. The molecule has 0 saturated heterocycles. The number of amides is 1. The number of anilines is 2. The summed E-state index contributed by atoms with van der Waals surface area (Å²) in [6.07, 6.45) is -4.37. The zero-order valence-electron chi connectivity index (χ0n) is 25.6. The molecule has 0 aliphatic rings. The number of nitrogen functional groups attached to an aromatic ring is 1. The lowest BCUT2D eigenvalue weighted by Gasteiger charge is -2.11. The highest BCUT2D eigenvalue weighted by Crippen LogP contribution is 2.23. The summed E-state index contributed by atoms with van der Waals surface area (Å²) < 4.78 is 63.1. The third-order valence-electron chi connectivity index (χ3n) is 5.63. The van der Waals surface area contributed by atoms with Gasteiger partial charge in [-0.05, 0) is 77.5 Å². The van der Waals surface area contributed by atoms with E-state index in [0.29, 0.717) is 40.1 Å². The summed E-state index contributed by atoms with van der Waals surface area (Å²) in [6, 6.07) is 23.0. The Hall–Kier alpha value is -6.54. The SMILES string of the molecule is CS(=O)(=O)O.N=C(N)Nc1ccc(C(=O)NC(=N)Nc2ccc(C(=O)Oc3ccc4cc(C(=N)N)ccc4c3)cc2)cc1.O=C(O)C(F)(F)F. The van der Waals surface area contributed by atoms with Crippen molar-refractivity contribution in [3.05, 3.63) is 102 Å². The van der Waals surface area contributed by atoms with Crippen molar-refractivity contribution in [2.45, 2.75) is 6.18 Å². The molecule has 0 heterocycles. The lowest BCUT2D eigenvalue weighted by molar-refractivity contribution is -0.192. The molecule has 0 saturated carbocycles. The summed E-state index contributed by atoms with van der Waals surface area (Å²) in [5.74, 6) is -3.92.